The molecule has 1 aliphatic heterocycles. The highest BCUT2D eigenvalue weighted by atomic mass is 16.3. The molecule has 1 N–H and O–H groups in total. The molecule has 1 heterocycles. The molecule has 4 heteroatoms. The second kappa shape index (κ2) is 6.02. The van der Waals surface area contributed by atoms with Crippen molar-refractivity contribution < 1.29 is 9.90 Å². The van der Waals surface area contributed by atoms with Crippen molar-refractivity contribution in [2.75, 3.05) is 27.2 Å². The zero-order valence-electron chi connectivity index (χ0n) is 11.6. The van der Waals surface area contributed by atoms with Crippen LogP contribution in [0.5, 0.6) is 0 Å². The van der Waals surface area contributed by atoms with Crippen LogP contribution in [0.4, 0.5) is 0 Å². The fourth-order valence-corrected chi connectivity index (χ4v) is 3.28. The average molecular weight is 254 g/mol. The summed E-state index contributed by atoms with van der Waals surface area (Å²) < 4.78 is 0. The van der Waals surface area contributed by atoms with Crippen molar-refractivity contribution in [1.82, 2.24) is 9.80 Å². The maximum atomic E-state index is 12.5. The maximum Gasteiger partial charge on any atom is 0.226 e. The van der Waals surface area contributed by atoms with Gasteiger partial charge in [0, 0.05) is 19.6 Å². The lowest BCUT2D eigenvalue weighted by molar-refractivity contribution is -0.139. The van der Waals surface area contributed by atoms with Crippen molar-refractivity contribution >= 4 is 5.91 Å². The van der Waals surface area contributed by atoms with Crippen LogP contribution in [0.2, 0.25) is 0 Å². The number of hydrogen-bond acceptors (Lipinski definition) is 3. The number of amides is 1. The zero-order chi connectivity index (χ0) is 13.1. The van der Waals surface area contributed by atoms with Gasteiger partial charge in [-0.05, 0) is 52.1 Å². The van der Waals surface area contributed by atoms with Crippen molar-refractivity contribution in [3.8, 4) is 0 Å². The average Bonchev–Trinajstić information content (AvgIpc) is 2.38. The smallest absolute Gasteiger partial charge is 0.226 e. The van der Waals surface area contributed by atoms with Crippen LogP contribution in [0.25, 0.3) is 0 Å². The molecular formula is C14H26N2O2. The topological polar surface area (TPSA) is 43.8 Å². The van der Waals surface area contributed by atoms with Crippen LogP contribution in [0.3, 0.4) is 0 Å². The number of piperidine rings is 1. The molecule has 2 rings (SSSR count). The summed E-state index contributed by atoms with van der Waals surface area (Å²) in [6, 6.07) is 0.341. The second-order valence-corrected chi connectivity index (χ2v) is 6.01. The number of rotatable bonds is 2. The van der Waals surface area contributed by atoms with Gasteiger partial charge in [0.15, 0.2) is 0 Å². The number of aliphatic hydroxyl groups excluding tert-OH is 1. The lowest BCUT2D eigenvalue weighted by atomic mass is 9.90. The highest BCUT2D eigenvalue weighted by Crippen LogP contribution is 2.25. The quantitative estimate of drug-likeness (QED) is 0.802. The van der Waals surface area contributed by atoms with Crippen LogP contribution in [-0.2, 0) is 4.79 Å². The molecule has 2 fully saturated rings. The molecule has 0 bridgehead atoms. The van der Waals surface area contributed by atoms with Crippen LogP contribution in [0.15, 0.2) is 0 Å². The van der Waals surface area contributed by atoms with E-state index in [0.717, 1.165) is 51.6 Å². The van der Waals surface area contributed by atoms with Crippen molar-refractivity contribution in [3.05, 3.63) is 0 Å². The normalized spacial score (nSPS) is 34.3. The largest absolute Gasteiger partial charge is 0.393 e. The number of carbonyl (C=O) groups excluding carboxylic acids is 1. The molecule has 18 heavy (non-hydrogen) atoms. The Labute approximate surface area is 110 Å². The third-order valence-corrected chi connectivity index (χ3v) is 4.54. The molecule has 1 unspecified atom stereocenters. The molecule has 0 radical (unpaired) electrons. The Kier molecular flexibility index (Phi) is 4.62. The van der Waals surface area contributed by atoms with E-state index < -0.39 is 0 Å². The summed E-state index contributed by atoms with van der Waals surface area (Å²) in [6.07, 6.45) is 5.59. The highest BCUT2D eigenvalue weighted by molar-refractivity contribution is 5.79. The first kappa shape index (κ1) is 13.8. The molecule has 0 aromatic heterocycles. The van der Waals surface area contributed by atoms with Gasteiger partial charge in [0.25, 0.3) is 0 Å². The SMILES string of the molecule is CN1CCCC(C(=O)N(C)C2CCC(O)CC2)C1. The summed E-state index contributed by atoms with van der Waals surface area (Å²) in [7, 11) is 4.04. The number of nitrogens with zero attached hydrogens (tertiary/aromatic N) is 2. The Morgan fingerprint density at radius 2 is 1.89 bits per heavy atom. The van der Waals surface area contributed by atoms with E-state index in [9.17, 15) is 9.90 Å². The molecule has 1 saturated carbocycles. The van der Waals surface area contributed by atoms with Gasteiger partial charge in [-0.15, -0.1) is 0 Å². The third-order valence-electron chi connectivity index (χ3n) is 4.54. The van der Waals surface area contributed by atoms with E-state index in [1.54, 1.807) is 0 Å². The van der Waals surface area contributed by atoms with E-state index in [1.807, 2.05) is 11.9 Å². The van der Waals surface area contributed by atoms with Crippen LogP contribution in [0.1, 0.15) is 38.5 Å². The van der Waals surface area contributed by atoms with Gasteiger partial charge in [0.1, 0.15) is 0 Å². The molecular weight excluding hydrogens is 228 g/mol. The van der Waals surface area contributed by atoms with E-state index in [2.05, 4.69) is 11.9 Å². The summed E-state index contributed by atoms with van der Waals surface area (Å²) in [6.45, 7) is 2.02. The third kappa shape index (κ3) is 3.23. The number of hydrogen-bond donors (Lipinski definition) is 1. The monoisotopic (exact) mass is 254 g/mol. The first-order valence-electron chi connectivity index (χ1n) is 7.21. The van der Waals surface area contributed by atoms with Crippen LogP contribution in [0, 0.1) is 5.92 Å². The van der Waals surface area contributed by atoms with Gasteiger partial charge < -0.3 is 14.9 Å². The fraction of sp³-hybridized carbons (Fsp3) is 0.929. The minimum atomic E-state index is -0.148. The second-order valence-electron chi connectivity index (χ2n) is 6.01. The van der Waals surface area contributed by atoms with Crippen LogP contribution in [-0.4, -0.2) is 60.1 Å². The Morgan fingerprint density at radius 1 is 1.22 bits per heavy atom. The fourth-order valence-electron chi connectivity index (χ4n) is 3.28. The Bertz CT molecular complexity index is 288. The first-order valence-corrected chi connectivity index (χ1v) is 7.21. The van der Waals surface area contributed by atoms with Gasteiger partial charge in [-0.3, -0.25) is 4.79 Å². The van der Waals surface area contributed by atoms with Crippen molar-refractivity contribution in [2.45, 2.75) is 50.7 Å². The van der Waals surface area contributed by atoms with E-state index in [4.69, 9.17) is 0 Å². The molecule has 4 nitrogen and oxygen atoms in total. The van der Waals surface area contributed by atoms with Gasteiger partial charge in [-0.2, -0.15) is 0 Å². The van der Waals surface area contributed by atoms with Crippen molar-refractivity contribution in [3.63, 3.8) is 0 Å². The van der Waals surface area contributed by atoms with Crippen molar-refractivity contribution in [1.29, 1.82) is 0 Å². The zero-order valence-corrected chi connectivity index (χ0v) is 11.6. The molecule has 2 aliphatic rings. The lowest BCUT2D eigenvalue weighted by Crippen LogP contribution is -2.47. The van der Waals surface area contributed by atoms with Gasteiger partial charge >= 0.3 is 0 Å². The number of carbonyl (C=O) groups is 1. The number of aliphatic hydroxyl groups is 1. The maximum absolute atomic E-state index is 12.5. The van der Waals surface area contributed by atoms with Gasteiger partial charge in [0.05, 0.1) is 12.0 Å². The van der Waals surface area contributed by atoms with Gasteiger partial charge in [0.2, 0.25) is 5.91 Å². The van der Waals surface area contributed by atoms with E-state index in [1.165, 1.54) is 0 Å². The predicted octanol–water partition coefficient (Wildman–Crippen LogP) is 1.09. The summed E-state index contributed by atoms with van der Waals surface area (Å²) in [5, 5.41) is 9.52. The molecule has 0 aromatic rings. The molecule has 1 aliphatic carbocycles. The van der Waals surface area contributed by atoms with Crippen molar-refractivity contribution in [2.24, 2.45) is 5.92 Å². The minimum Gasteiger partial charge on any atom is -0.393 e. The van der Waals surface area contributed by atoms with E-state index in [0.29, 0.717) is 11.9 Å². The van der Waals surface area contributed by atoms with E-state index >= 15 is 0 Å². The Balaban J connectivity index is 1.87. The summed E-state index contributed by atoms with van der Waals surface area (Å²) in [4.78, 5) is 16.7. The molecule has 0 spiro atoms. The summed E-state index contributed by atoms with van der Waals surface area (Å²) >= 11 is 0. The van der Waals surface area contributed by atoms with E-state index in [-0.39, 0.29) is 12.0 Å². The molecule has 0 aromatic carbocycles. The summed E-state index contributed by atoms with van der Waals surface area (Å²) in [5.74, 6) is 0.489. The standard InChI is InChI=1S/C14H26N2O2/c1-15-9-3-4-11(10-15)14(18)16(2)12-5-7-13(17)8-6-12/h11-13,17H,3-10H2,1-2H3. The summed E-state index contributed by atoms with van der Waals surface area (Å²) in [5.41, 5.74) is 0. The number of likely N-dealkylation sites (tertiary alicyclic amines) is 1. The molecule has 1 saturated heterocycles. The highest BCUT2D eigenvalue weighted by Gasteiger charge is 2.31. The predicted molar refractivity (Wildman–Crippen MR) is 71.3 cm³/mol. The first-order chi connectivity index (χ1) is 8.58. The van der Waals surface area contributed by atoms with Crippen LogP contribution >= 0.6 is 0 Å². The Hall–Kier alpha value is -0.610. The molecule has 104 valence electrons. The van der Waals surface area contributed by atoms with Gasteiger partial charge in [-0.25, -0.2) is 0 Å². The molecule has 1 amide bonds. The van der Waals surface area contributed by atoms with Gasteiger partial charge in [-0.1, -0.05) is 0 Å². The molecule has 1 atom stereocenters. The minimum absolute atomic E-state index is 0.148. The van der Waals surface area contributed by atoms with Crippen LogP contribution < -0.4 is 0 Å². The Morgan fingerprint density at radius 3 is 2.50 bits per heavy atom. The lowest BCUT2D eigenvalue weighted by Gasteiger charge is -2.37.